The maximum absolute atomic E-state index is 12.3. The minimum Gasteiger partial charge on any atom is -0.346 e. The highest BCUT2D eigenvalue weighted by Crippen LogP contribution is 2.13. The fraction of sp³-hybridized carbons (Fsp3) is 0.0625. The van der Waals surface area contributed by atoms with E-state index in [1.807, 2.05) is 28.9 Å². The number of carbonyl (C=O) groups is 1. The van der Waals surface area contributed by atoms with Crippen LogP contribution in [-0.2, 0) is 6.54 Å². The van der Waals surface area contributed by atoms with Gasteiger partial charge in [-0.15, -0.1) is 0 Å². The SMILES string of the molecule is O=C(NCc1cn2cc(Br)ccc2n1)c1cnc2nccnc2c1. The molecule has 0 aliphatic carbocycles. The van der Waals surface area contributed by atoms with Crippen LogP contribution in [0, 0.1) is 0 Å². The maximum atomic E-state index is 12.3. The third kappa shape index (κ3) is 2.83. The van der Waals surface area contributed by atoms with Crippen LogP contribution in [0.5, 0.6) is 0 Å². The summed E-state index contributed by atoms with van der Waals surface area (Å²) >= 11 is 3.42. The lowest BCUT2D eigenvalue weighted by Gasteiger charge is -2.03. The standard InChI is InChI=1S/C16H11BrN6O/c17-11-1-2-14-22-12(9-23(14)8-11)7-21-16(24)10-5-13-15(20-6-10)19-4-3-18-13/h1-6,8-9H,7H2,(H,21,24). The van der Waals surface area contributed by atoms with Crippen LogP contribution in [0.4, 0.5) is 0 Å². The van der Waals surface area contributed by atoms with Crippen molar-refractivity contribution in [2.24, 2.45) is 0 Å². The van der Waals surface area contributed by atoms with Crippen molar-refractivity contribution in [3.63, 3.8) is 0 Å². The zero-order valence-electron chi connectivity index (χ0n) is 12.3. The van der Waals surface area contributed by atoms with Gasteiger partial charge in [-0.25, -0.2) is 15.0 Å². The summed E-state index contributed by atoms with van der Waals surface area (Å²) in [7, 11) is 0. The van der Waals surface area contributed by atoms with Crippen molar-refractivity contribution in [3.8, 4) is 0 Å². The number of hydrogen-bond donors (Lipinski definition) is 1. The molecule has 0 spiro atoms. The molecule has 0 saturated heterocycles. The Morgan fingerprint density at radius 3 is 2.96 bits per heavy atom. The molecule has 7 nitrogen and oxygen atoms in total. The van der Waals surface area contributed by atoms with Gasteiger partial charge in [0.05, 0.1) is 17.8 Å². The molecule has 0 aliphatic heterocycles. The van der Waals surface area contributed by atoms with Gasteiger partial charge in [0, 0.05) is 35.5 Å². The van der Waals surface area contributed by atoms with Gasteiger partial charge in [-0.1, -0.05) is 0 Å². The van der Waals surface area contributed by atoms with Crippen molar-refractivity contribution < 1.29 is 4.79 Å². The van der Waals surface area contributed by atoms with Gasteiger partial charge in [0.15, 0.2) is 5.65 Å². The molecule has 4 heterocycles. The summed E-state index contributed by atoms with van der Waals surface area (Å²) < 4.78 is 2.87. The molecule has 118 valence electrons. The number of rotatable bonds is 3. The summed E-state index contributed by atoms with van der Waals surface area (Å²) in [4.78, 5) is 29.1. The minimum atomic E-state index is -0.228. The van der Waals surface area contributed by atoms with Crippen molar-refractivity contribution in [1.82, 2.24) is 29.7 Å². The van der Waals surface area contributed by atoms with Gasteiger partial charge in [-0.05, 0) is 34.1 Å². The van der Waals surface area contributed by atoms with Crippen LogP contribution in [0.25, 0.3) is 16.8 Å². The second-order valence-corrected chi connectivity index (χ2v) is 6.07. The van der Waals surface area contributed by atoms with Crippen LogP contribution < -0.4 is 5.32 Å². The molecule has 0 bridgehead atoms. The number of aromatic nitrogens is 5. The first-order valence-corrected chi connectivity index (χ1v) is 7.96. The average Bonchev–Trinajstić information content (AvgIpc) is 3.01. The van der Waals surface area contributed by atoms with E-state index >= 15 is 0 Å². The van der Waals surface area contributed by atoms with Crippen molar-refractivity contribution in [2.75, 3.05) is 0 Å². The number of carbonyl (C=O) groups excluding carboxylic acids is 1. The van der Waals surface area contributed by atoms with Gasteiger partial charge in [-0.3, -0.25) is 9.78 Å². The highest BCUT2D eigenvalue weighted by Gasteiger charge is 2.09. The molecule has 0 saturated carbocycles. The third-order valence-electron chi connectivity index (χ3n) is 3.48. The number of imidazole rings is 1. The largest absolute Gasteiger partial charge is 0.346 e. The Morgan fingerprint density at radius 2 is 2.04 bits per heavy atom. The summed E-state index contributed by atoms with van der Waals surface area (Å²) in [5, 5.41) is 2.84. The molecule has 1 N–H and O–H groups in total. The summed E-state index contributed by atoms with van der Waals surface area (Å²) in [6.45, 7) is 0.330. The number of hydrogen-bond acceptors (Lipinski definition) is 5. The smallest absolute Gasteiger partial charge is 0.253 e. The first-order chi connectivity index (χ1) is 11.7. The van der Waals surface area contributed by atoms with Gasteiger partial charge >= 0.3 is 0 Å². The first-order valence-electron chi connectivity index (χ1n) is 7.17. The van der Waals surface area contributed by atoms with Crippen LogP contribution in [0.2, 0.25) is 0 Å². The molecule has 0 aliphatic rings. The van der Waals surface area contributed by atoms with Crippen molar-refractivity contribution in [1.29, 1.82) is 0 Å². The van der Waals surface area contributed by atoms with Crippen molar-refractivity contribution >= 4 is 38.6 Å². The van der Waals surface area contributed by atoms with Crippen LogP contribution in [0.15, 0.2) is 53.7 Å². The molecule has 4 aromatic heterocycles. The number of amides is 1. The van der Waals surface area contributed by atoms with Crippen LogP contribution in [0.3, 0.4) is 0 Å². The van der Waals surface area contributed by atoms with Crippen LogP contribution in [0.1, 0.15) is 16.1 Å². The van der Waals surface area contributed by atoms with E-state index in [2.05, 4.69) is 41.2 Å². The van der Waals surface area contributed by atoms with Gasteiger partial charge in [0.1, 0.15) is 11.2 Å². The summed E-state index contributed by atoms with van der Waals surface area (Å²) in [5.74, 6) is -0.228. The molecular weight excluding hydrogens is 372 g/mol. The van der Waals surface area contributed by atoms with Gasteiger partial charge in [0.2, 0.25) is 0 Å². The number of halogens is 1. The fourth-order valence-electron chi connectivity index (χ4n) is 2.36. The Kier molecular flexibility index (Phi) is 3.66. The molecule has 24 heavy (non-hydrogen) atoms. The average molecular weight is 383 g/mol. The van der Waals surface area contributed by atoms with E-state index in [-0.39, 0.29) is 5.91 Å². The molecule has 0 fully saturated rings. The molecule has 0 radical (unpaired) electrons. The molecule has 0 atom stereocenters. The van der Waals surface area contributed by atoms with Gasteiger partial charge < -0.3 is 9.72 Å². The predicted molar refractivity (Wildman–Crippen MR) is 91.4 cm³/mol. The van der Waals surface area contributed by atoms with Crippen molar-refractivity contribution in [2.45, 2.75) is 6.54 Å². The quantitative estimate of drug-likeness (QED) is 0.587. The second kappa shape index (κ2) is 5.97. The minimum absolute atomic E-state index is 0.228. The number of nitrogens with one attached hydrogen (secondary N) is 1. The number of nitrogens with zero attached hydrogens (tertiary/aromatic N) is 5. The second-order valence-electron chi connectivity index (χ2n) is 5.15. The normalized spacial score (nSPS) is 11.0. The Hall–Kier alpha value is -2.87. The molecule has 4 rings (SSSR count). The molecule has 1 amide bonds. The van der Waals surface area contributed by atoms with E-state index in [0.29, 0.717) is 23.3 Å². The van der Waals surface area contributed by atoms with E-state index in [4.69, 9.17) is 0 Å². The zero-order valence-corrected chi connectivity index (χ0v) is 13.9. The molecule has 0 unspecified atom stereocenters. The summed E-state index contributed by atoms with van der Waals surface area (Å²) in [5.41, 5.74) is 3.14. The lowest BCUT2D eigenvalue weighted by Crippen LogP contribution is -2.23. The van der Waals surface area contributed by atoms with E-state index in [1.165, 1.54) is 6.20 Å². The molecular formula is C16H11BrN6O. The van der Waals surface area contributed by atoms with Crippen LogP contribution in [-0.4, -0.2) is 30.2 Å². The molecule has 4 aromatic rings. The summed E-state index contributed by atoms with van der Waals surface area (Å²) in [6, 6.07) is 5.50. The first kappa shape index (κ1) is 14.7. The highest BCUT2D eigenvalue weighted by molar-refractivity contribution is 9.10. The molecule has 0 aromatic carbocycles. The Morgan fingerprint density at radius 1 is 1.17 bits per heavy atom. The van der Waals surface area contributed by atoms with E-state index in [1.54, 1.807) is 18.5 Å². The van der Waals surface area contributed by atoms with Crippen LogP contribution >= 0.6 is 15.9 Å². The number of pyridine rings is 2. The Balaban J connectivity index is 1.52. The summed E-state index contributed by atoms with van der Waals surface area (Å²) in [6.07, 6.45) is 8.43. The Bertz CT molecular complexity index is 1060. The monoisotopic (exact) mass is 382 g/mol. The fourth-order valence-corrected chi connectivity index (χ4v) is 2.71. The van der Waals surface area contributed by atoms with E-state index < -0.39 is 0 Å². The van der Waals surface area contributed by atoms with E-state index in [0.717, 1.165) is 15.8 Å². The predicted octanol–water partition coefficient (Wildman–Crippen LogP) is 2.37. The zero-order chi connectivity index (χ0) is 16.5. The highest BCUT2D eigenvalue weighted by atomic mass is 79.9. The van der Waals surface area contributed by atoms with Gasteiger partial charge in [-0.2, -0.15) is 0 Å². The lowest BCUT2D eigenvalue weighted by molar-refractivity contribution is 0.0950. The van der Waals surface area contributed by atoms with Gasteiger partial charge in [0.25, 0.3) is 5.91 Å². The lowest BCUT2D eigenvalue weighted by atomic mass is 10.2. The van der Waals surface area contributed by atoms with Crippen molar-refractivity contribution in [3.05, 3.63) is 64.9 Å². The third-order valence-corrected chi connectivity index (χ3v) is 3.95. The maximum Gasteiger partial charge on any atom is 0.253 e. The Labute approximate surface area is 144 Å². The molecule has 8 heteroatoms. The van der Waals surface area contributed by atoms with E-state index in [9.17, 15) is 4.79 Å². The topological polar surface area (TPSA) is 85.1 Å². The number of fused-ring (bicyclic) bond motifs is 2.